The summed E-state index contributed by atoms with van der Waals surface area (Å²) in [7, 11) is 0. The first-order valence-electron chi connectivity index (χ1n) is 5.40. The average molecular weight is 333 g/mol. The monoisotopic (exact) mass is 332 g/mol. The molecular weight excluding hydrogens is 329 g/mol. The molecule has 1 aromatic carbocycles. The molecule has 8 nitrogen and oxygen atoms in total. The Bertz CT molecular complexity index is 796. The number of halogens is 4. The van der Waals surface area contributed by atoms with Crippen LogP contribution in [0.5, 0.6) is 0 Å². The van der Waals surface area contributed by atoms with Gasteiger partial charge in [0, 0.05) is 4.91 Å². The van der Waals surface area contributed by atoms with Crippen molar-refractivity contribution in [3.63, 3.8) is 0 Å². The molecule has 1 heterocycles. The molecule has 0 unspecified atom stereocenters. The number of hydrogen-bond acceptors (Lipinski definition) is 4. The molecule has 0 fully saturated rings. The molecule has 22 heavy (non-hydrogen) atoms. The van der Waals surface area contributed by atoms with Crippen LogP contribution < -0.4 is 0 Å². The lowest BCUT2D eigenvalue weighted by atomic mass is 10.2. The number of alkyl halides is 3. The van der Waals surface area contributed by atoms with Crippen LogP contribution in [-0.2, 0) is 6.18 Å². The maximum absolute atomic E-state index is 12.6. The Morgan fingerprint density at radius 2 is 2.14 bits per heavy atom. The van der Waals surface area contributed by atoms with E-state index in [0.29, 0.717) is 6.07 Å². The van der Waals surface area contributed by atoms with Gasteiger partial charge in [0.1, 0.15) is 6.20 Å². The topological polar surface area (TPSA) is 110 Å². The zero-order chi connectivity index (χ0) is 16.5. The van der Waals surface area contributed by atoms with Crippen LogP contribution in [0.3, 0.4) is 0 Å². The molecule has 1 aromatic heterocycles. The highest BCUT2D eigenvalue weighted by molar-refractivity contribution is 6.32. The Labute approximate surface area is 124 Å². The molecule has 0 radical (unpaired) electrons. The van der Waals surface area contributed by atoms with Crippen LogP contribution >= 0.6 is 11.6 Å². The van der Waals surface area contributed by atoms with E-state index in [1.807, 2.05) is 0 Å². The van der Waals surface area contributed by atoms with Crippen LogP contribution in [0.2, 0.25) is 5.02 Å². The number of azide groups is 1. The summed E-state index contributed by atoms with van der Waals surface area (Å²) < 4.78 is 38.5. The number of nitro groups is 1. The lowest BCUT2D eigenvalue weighted by molar-refractivity contribution is -0.384. The van der Waals surface area contributed by atoms with E-state index in [-0.39, 0.29) is 10.7 Å². The van der Waals surface area contributed by atoms with Gasteiger partial charge in [-0.2, -0.15) is 18.3 Å². The number of rotatable bonds is 3. The predicted molar refractivity (Wildman–Crippen MR) is 69.0 cm³/mol. The van der Waals surface area contributed by atoms with E-state index in [1.165, 1.54) is 0 Å². The summed E-state index contributed by atoms with van der Waals surface area (Å²) in [6, 6.07) is 2.34. The quantitative estimate of drug-likeness (QED) is 0.273. The van der Waals surface area contributed by atoms with Gasteiger partial charge >= 0.3 is 11.9 Å². The van der Waals surface area contributed by atoms with Crippen LogP contribution in [0.25, 0.3) is 16.1 Å². The van der Waals surface area contributed by atoms with E-state index in [9.17, 15) is 23.3 Å². The van der Waals surface area contributed by atoms with Gasteiger partial charge in [-0.05, 0) is 28.8 Å². The zero-order valence-corrected chi connectivity index (χ0v) is 11.1. The van der Waals surface area contributed by atoms with Crippen LogP contribution in [0.1, 0.15) is 5.56 Å². The summed E-state index contributed by atoms with van der Waals surface area (Å²) in [5.41, 5.74) is 6.76. The van der Waals surface area contributed by atoms with E-state index in [1.54, 1.807) is 0 Å². The van der Waals surface area contributed by atoms with Gasteiger partial charge in [-0.15, -0.1) is 0 Å². The number of nitrogens with zero attached hydrogens (tertiary/aromatic N) is 6. The van der Waals surface area contributed by atoms with Gasteiger partial charge in [-0.1, -0.05) is 11.6 Å². The van der Waals surface area contributed by atoms with Gasteiger partial charge in [0.25, 0.3) is 0 Å². The van der Waals surface area contributed by atoms with Crippen LogP contribution in [0.4, 0.5) is 24.7 Å². The largest absolute Gasteiger partial charge is 0.416 e. The first kappa shape index (κ1) is 15.6. The highest BCUT2D eigenvalue weighted by Gasteiger charge is 2.31. The molecule has 0 spiro atoms. The third kappa shape index (κ3) is 2.80. The van der Waals surface area contributed by atoms with Crippen molar-refractivity contribution in [2.75, 3.05) is 0 Å². The van der Waals surface area contributed by atoms with E-state index in [0.717, 1.165) is 23.0 Å². The normalized spacial score (nSPS) is 11.1. The van der Waals surface area contributed by atoms with Gasteiger partial charge in [0.15, 0.2) is 0 Å². The maximum Gasteiger partial charge on any atom is 0.416 e. The van der Waals surface area contributed by atoms with E-state index < -0.39 is 28.2 Å². The van der Waals surface area contributed by atoms with Gasteiger partial charge in [0.2, 0.25) is 5.82 Å². The van der Waals surface area contributed by atoms with Crippen LogP contribution in [0, 0.1) is 10.1 Å². The fraction of sp³-hybridized carbons (Fsp3) is 0.100. The lowest BCUT2D eigenvalue weighted by Crippen LogP contribution is -2.06. The Morgan fingerprint density at radius 3 is 2.64 bits per heavy atom. The molecular formula is C10H4ClF3N6O2. The molecule has 2 rings (SSSR count). The van der Waals surface area contributed by atoms with E-state index >= 15 is 0 Å². The third-order valence-electron chi connectivity index (χ3n) is 2.56. The zero-order valence-electron chi connectivity index (χ0n) is 10.3. The minimum atomic E-state index is -4.59. The minimum absolute atomic E-state index is 0.0924. The second kappa shape index (κ2) is 5.54. The van der Waals surface area contributed by atoms with Crippen LogP contribution in [-0.4, -0.2) is 14.7 Å². The highest BCUT2D eigenvalue weighted by atomic mass is 35.5. The van der Waals surface area contributed by atoms with Gasteiger partial charge < -0.3 is 0 Å². The fourth-order valence-corrected chi connectivity index (χ4v) is 1.89. The molecule has 0 N–H and O–H groups in total. The summed E-state index contributed by atoms with van der Waals surface area (Å²) in [6.07, 6.45) is -3.79. The molecule has 0 saturated heterocycles. The molecule has 0 bridgehead atoms. The first-order valence-corrected chi connectivity index (χ1v) is 5.78. The van der Waals surface area contributed by atoms with Crippen molar-refractivity contribution < 1.29 is 18.1 Å². The van der Waals surface area contributed by atoms with Gasteiger partial charge in [-0.3, -0.25) is 10.1 Å². The number of aromatic nitrogens is 2. The van der Waals surface area contributed by atoms with Crippen molar-refractivity contribution >= 4 is 23.1 Å². The summed E-state index contributed by atoms with van der Waals surface area (Å²) in [5, 5.41) is 17.2. The molecule has 2 aromatic rings. The van der Waals surface area contributed by atoms with E-state index in [2.05, 4.69) is 15.1 Å². The van der Waals surface area contributed by atoms with Crippen LogP contribution in [0.15, 0.2) is 29.5 Å². The van der Waals surface area contributed by atoms with Crippen molar-refractivity contribution in [2.45, 2.75) is 6.18 Å². The lowest BCUT2D eigenvalue weighted by Gasteiger charge is -2.10. The first-order chi connectivity index (χ1) is 10.3. The summed E-state index contributed by atoms with van der Waals surface area (Å²) in [4.78, 5) is 12.4. The van der Waals surface area contributed by atoms with Crippen molar-refractivity contribution in [3.05, 3.63) is 55.5 Å². The SMILES string of the molecule is [N-]=[N+]=Nc1c([N+](=O)[O-])cnn1-c1ccc(C(F)(F)F)cc1Cl. The number of benzene rings is 1. The van der Waals surface area contributed by atoms with Crippen molar-refractivity contribution in [3.8, 4) is 5.69 Å². The van der Waals surface area contributed by atoms with Crippen molar-refractivity contribution in [2.24, 2.45) is 5.11 Å². The summed E-state index contributed by atoms with van der Waals surface area (Å²) >= 11 is 5.77. The molecule has 114 valence electrons. The second-order valence-electron chi connectivity index (χ2n) is 3.88. The predicted octanol–water partition coefficient (Wildman–Crippen LogP) is 4.39. The highest BCUT2D eigenvalue weighted by Crippen LogP contribution is 2.36. The van der Waals surface area contributed by atoms with Crippen molar-refractivity contribution in [1.82, 2.24) is 9.78 Å². The Hall–Kier alpha value is -2.78. The summed E-state index contributed by atoms with van der Waals surface area (Å²) in [5.74, 6) is -0.492. The van der Waals surface area contributed by atoms with E-state index in [4.69, 9.17) is 17.1 Å². The molecule has 0 amide bonds. The smallest absolute Gasteiger partial charge is 0.258 e. The van der Waals surface area contributed by atoms with Gasteiger partial charge in [-0.25, -0.2) is 4.68 Å². The number of hydrogen-bond donors (Lipinski definition) is 0. The fourth-order valence-electron chi connectivity index (χ4n) is 1.63. The molecule has 0 saturated carbocycles. The standard InChI is InChI=1S/C10H4ClF3N6O2/c11-6-3-5(10(12,13)14)1-2-7(6)19-9(17-18-15)8(4-16-19)20(21)22/h1-4H. The average Bonchev–Trinajstić information content (AvgIpc) is 2.82. The summed E-state index contributed by atoms with van der Waals surface area (Å²) in [6.45, 7) is 0. The molecule has 0 atom stereocenters. The third-order valence-corrected chi connectivity index (χ3v) is 2.87. The minimum Gasteiger partial charge on any atom is -0.258 e. The molecule has 0 aliphatic heterocycles. The Balaban J connectivity index is 2.63. The molecule has 12 heteroatoms. The van der Waals surface area contributed by atoms with Gasteiger partial charge in [0.05, 0.1) is 21.2 Å². The Kier molecular flexibility index (Phi) is 3.93. The van der Waals surface area contributed by atoms with Crippen molar-refractivity contribution in [1.29, 1.82) is 0 Å². The second-order valence-corrected chi connectivity index (χ2v) is 4.28. The maximum atomic E-state index is 12.6. The Morgan fingerprint density at radius 1 is 1.45 bits per heavy atom. The molecule has 0 aliphatic carbocycles. The molecule has 0 aliphatic rings.